The second-order valence-corrected chi connectivity index (χ2v) is 6.64. The minimum atomic E-state index is -0.281. The third-order valence-electron chi connectivity index (χ3n) is 3.10. The molecule has 126 valence electrons. The maximum absolute atomic E-state index is 12.0. The number of amides is 2. The number of nitrogens with zero attached hydrogens (tertiary/aromatic N) is 3. The first-order chi connectivity index (χ1) is 12.1. The van der Waals surface area contributed by atoms with Crippen molar-refractivity contribution < 1.29 is 9.59 Å². The molecule has 0 radical (unpaired) electrons. The highest BCUT2D eigenvalue weighted by Crippen LogP contribution is 2.29. The molecule has 0 saturated carbocycles. The van der Waals surface area contributed by atoms with Gasteiger partial charge in [-0.05, 0) is 18.2 Å². The number of aromatic nitrogens is 2. The van der Waals surface area contributed by atoms with Crippen LogP contribution in [-0.2, 0) is 9.59 Å². The number of nitrogens with one attached hydrogen (secondary N) is 1. The summed E-state index contributed by atoms with van der Waals surface area (Å²) >= 11 is 2.69. The molecular formula is C17H14N4O2S2. The molecular weight excluding hydrogens is 356 g/mol. The fraction of sp³-hybridized carbons (Fsp3) is 0.0588. The van der Waals surface area contributed by atoms with Crippen molar-refractivity contribution in [3.8, 4) is 0 Å². The number of carbonyl (C=O) groups is 2. The molecule has 8 heteroatoms. The van der Waals surface area contributed by atoms with Crippen molar-refractivity contribution in [1.82, 2.24) is 9.97 Å². The lowest BCUT2D eigenvalue weighted by molar-refractivity contribution is -0.116. The van der Waals surface area contributed by atoms with E-state index in [1.807, 2.05) is 30.3 Å². The third kappa shape index (κ3) is 4.37. The van der Waals surface area contributed by atoms with Crippen molar-refractivity contribution in [1.29, 1.82) is 0 Å². The Morgan fingerprint density at radius 3 is 2.68 bits per heavy atom. The van der Waals surface area contributed by atoms with Gasteiger partial charge in [0.2, 0.25) is 11.8 Å². The van der Waals surface area contributed by atoms with E-state index in [2.05, 4.69) is 15.3 Å². The van der Waals surface area contributed by atoms with Crippen LogP contribution >= 0.6 is 22.7 Å². The fourth-order valence-electron chi connectivity index (χ4n) is 2.05. The summed E-state index contributed by atoms with van der Waals surface area (Å²) in [4.78, 5) is 33.8. The molecule has 2 aromatic heterocycles. The molecule has 0 aliphatic heterocycles. The van der Waals surface area contributed by atoms with Crippen molar-refractivity contribution in [2.24, 2.45) is 0 Å². The van der Waals surface area contributed by atoms with E-state index in [1.165, 1.54) is 40.6 Å². The first kappa shape index (κ1) is 17.0. The van der Waals surface area contributed by atoms with Crippen molar-refractivity contribution in [3.63, 3.8) is 0 Å². The highest BCUT2D eigenvalue weighted by Gasteiger charge is 2.17. The van der Waals surface area contributed by atoms with E-state index in [0.29, 0.717) is 16.0 Å². The van der Waals surface area contributed by atoms with E-state index in [4.69, 9.17) is 0 Å². The zero-order valence-corrected chi connectivity index (χ0v) is 14.9. The van der Waals surface area contributed by atoms with Gasteiger partial charge in [-0.2, -0.15) is 0 Å². The first-order valence-corrected chi connectivity index (χ1v) is 9.09. The van der Waals surface area contributed by atoms with Gasteiger partial charge >= 0.3 is 0 Å². The number of benzene rings is 1. The van der Waals surface area contributed by atoms with Gasteiger partial charge in [0.05, 0.1) is 11.4 Å². The summed E-state index contributed by atoms with van der Waals surface area (Å²) in [7, 11) is 0. The number of rotatable bonds is 5. The monoisotopic (exact) mass is 370 g/mol. The maximum Gasteiger partial charge on any atom is 0.250 e. The normalized spacial score (nSPS) is 10.8. The molecule has 3 rings (SSSR count). The largest absolute Gasteiger partial charge is 0.298 e. The minimum absolute atomic E-state index is 0.127. The van der Waals surface area contributed by atoms with Crippen LogP contribution in [-0.4, -0.2) is 21.8 Å². The van der Waals surface area contributed by atoms with Gasteiger partial charge in [-0.1, -0.05) is 18.2 Å². The van der Waals surface area contributed by atoms with Crippen molar-refractivity contribution in [3.05, 3.63) is 59.1 Å². The van der Waals surface area contributed by atoms with E-state index in [1.54, 1.807) is 23.0 Å². The lowest BCUT2D eigenvalue weighted by atomic mass is 10.3. The van der Waals surface area contributed by atoms with Gasteiger partial charge in [0.15, 0.2) is 10.3 Å². The van der Waals surface area contributed by atoms with Gasteiger partial charge in [0.1, 0.15) is 0 Å². The van der Waals surface area contributed by atoms with Crippen LogP contribution in [0.2, 0.25) is 0 Å². The minimum Gasteiger partial charge on any atom is -0.298 e. The molecule has 1 aromatic carbocycles. The maximum atomic E-state index is 12.0. The van der Waals surface area contributed by atoms with Gasteiger partial charge in [-0.25, -0.2) is 9.97 Å². The van der Waals surface area contributed by atoms with Crippen molar-refractivity contribution in [2.45, 2.75) is 6.92 Å². The molecule has 0 fully saturated rings. The number of carbonyl (C=O) groups excluding carboxylic acids is 2. The highest BCUT2D eigenvalue weighted by atomic mass is 32.1. The zero-order valence-electron chi connectivity index (χ0n) is 13.2. The summed E-state index contributed by atoms with van der Waals surface area (Å²) in [6, 6.07) is 9.31. The molecule has 0 saturated heterocycles. The van der Waals surface area contributed by atoms with Gasteiger partial charge < -0.3 is 0 Å². The average molecular weight is 370 g/mol. The Bertz CT molecular complexity index is 889. The van der Waals surface area contributed by atoms with Crippen LogP contribution in [0, 0.1) is 0 Å². The van der Waals surface area contributed by atoms with Crippen LogP contribution in [0.1, 0.15) is 12.6 Å². The Hall–Kier alpha value is -2.84. The molecule has 0 bridgehead atoms. The van der Waals surface area contributed by atoms with E-state index in [0.717, 1.165) is 5.69 Å². The van der Waals surface area contributed by atoms with E-state index in [-0.39, 0.29) is 11.8 Å². The molecule has 25 heavy (non-hydrogen) atoms. The second-order valence-electron chi connectivity index (χ2n) is 4.90. The summed E-state index contributed by atoms with van der Waals surface area (Å²) in [6.45, 7) is 1.49. The smallest absolute Gasteiger partial charge is 0.250 e. The molecule has 0 spiro atoms. The molecule has 0 atom stereocenters. The molecule has 0 aliphatic carbocycles. The first-order valence-electron chi connectivity index (χ1n) is 7.33. The third-order valence-corrected chi connectivity index (χ3v) is 4.63. The second kappa shape index (κ2) is 7.82. The number of para-hydroxylation sites is 1. The number of hydrogen-bond donors (Lipinski definition) is 1. The summed E-state index contributed by atoms with van der Waals surface area (Å²) in [6.07, 6.45) is 4.61. The highest BCUT2D eigenvalue weighted by molar-refractivity contribution is 7.14. The topological polar surface area (TPSA) is 75.2 Å². The molecule has 0 aliphatic rings. The Balaban J connectivity index is 1.73. The van der Waals surface area contributed by atoms with Crippen LogP contribution in [0.25, 0.3) is 6.08 Å². The van der Waals surface area contributed by atoms with Crippen LogP contribution in [0.3, 0.4) is 0 Å². The summed E-state index contributed by atoms with van der Waals surface area (Å²) in [5, 5.41) is 7.33. The SMILES string of the molecule is CC(=O)N(c1ccccc1)c1nc(/C=C/C(=O)Nc2nccs2)cs1. The van der Waals surface area contributed by atoms with Crippen molar-refractivity contribution >= 4 is 56.5 Å². The molecule has 2 heterocycles. The fourth-order valence-corrected chi connectivity index (χ4v) is 3.44. The quantitative estimate of drug-likeness (QED) is 0.690. The molecule has 2 amide bonds. The lowest BCUT2D eigenvalue weighted by Crippen LogP contribution is -2.22. The Morgan fingerprint density at radius 2 is 2.00 bits per heavy atom. The Kier molecular flexibility index (Phi) is 5.32. The van der Waals surface area contributed by atoms with E-state index < -0.39 is 0 Å². The standard InChI is InChI=1S/C17H14N4O2S2/c1-12(22)21(14-5-3-2-4-6-14)17-19-13(11-25-17)7-8-15(23)20-16-18-9-10-24-16/h2-11H,1H3,(H,18,20,23)/b8-7+. The number of anilines is 3. The number of hydrogen-bond acceptors (Lipinski definition) is 6. The van der Waals surface area contributed by atoms with Crippen molar-refractivity contribution in [2.75, 3.05) is 10.2 Å². The zero-order chi connectivity index (χ0) is 17.6. The van der Waals surface area contributed by atoms with E-state index in [9.17, 15) is 9.59 Å². The van der Waals surface area contributed by atoms with E-state index >= 15 is 0 Å². The van der Waals surface area contributed by atoms with Crippen LogP contribution in [0.15, 0.2) is 53.4 Å². The molecule has 3 aromatic rings. The predicted molar refractivity (Wildman–Crippen MR) is 101 cm³/mol. The predicted octanol–water partition coefficient (Wildman–Crippen LogP) is 3.94. The Morgan fingerprint density at radius 1 is 1.20 bits per heavy atom. The van der Waals surface area contributed by atoms with Gasteiger partial charge in [-0.15, -0.1) is 22.7 Å². The van der Waals surface area contributed by atoms with Crippen LogP contribution < -0.4 is 10.2 Å². The van der Waals surface area contributed by atoms with Gasteiger partial charge in [-0.3, -0.25) is 19.8 Å². The molecule has 0 unspecified atom stereocenters. The van der Waals surface area contributed by atoms with Crippen LogP contribution in [0.5, 0.6) is 0 Å². The number of thiazole rings is 2. The van der Waals surface area contributed by atoms with Gasteiger partial charge in [0, 0.05) is 30.0 Å². The van der Waals surface area contributed by atoms with Crippen LogP contribution in [0.4, 0.5) is 16.0 Å². The Labute approximate surface area is 152 Å². The summed E-state index contributed by atoms with van der Waals surface area (Å²) in [5.74, 6) is -0.409. The lowest BCUT2D eigenvalue weighted by Gasteiger charge is -2.17. The summed E-state index contributed by atoms with van der Waals surface area (Å²) in [5.41, 5.74) is 1.36. The molecule has 6 nitrogen and oxygen atoms in total. The van der Waals surface area contributed by atoms with Gasteiger partial charge in [0.25, 0.3) is 0 Å². The average Bonchev–Trinajstić information content (AvgIpc) is 3.26. The molecule has 1 N–H and O–H groups in total. The summed E-state index contributed by atoms with van der Waals surface area (Å²) < 4.78 is 0.